The van der Waals surface area contributed by atoms with Gasteiger partial charge in [0.2, 0.25) is 11.8 Å². The number of carbonyl (C=O) groups excluding carboxylic acids is 1. The fraction of sp³-hybridized carbons (Fsp3) is 0.400. The van der Waals surface area contributed by atoms with Crippen LogP contribution in [0.1, 0.15) is 31.0 Å². The molecule has 8 nitrogen and oxygen atoms in total. The summed E-state index contributed by atoms with van der Waals surface area (Å²) in [5.41, 5.74) is 4.93. The number of anilines is 2. The number of methoxy groups -OCH3 is 1. The van der Waals surface area contributed by atoms with Crippen LogP contribution in [0.25, 0.3) is 0 Å². The van der Waals surface area contributed by atoms with Crippen molar-refractivity contribution in [1.82, 2.24) is 9.97 Å². The highest BCUT2D eigenvalue weighted by molar-refractivity contribution is 5.89. The van der Waals surface area contributed by atoms with E-state index < -0.39 is 23.6 Å². The van der Waals surface area contributed by atoms with Gasteiger partial charge in [0.05, 0.1) is 18.8 Å². The maximum Gasteiger partial charge on any atom is 0.416 e. The number of nitriles is 1. The number of Topliss-reactive ketones (excluding diaryl/α,β-unsaturated/α-hetero) is 1. The summed E-state index contributed by atoms with van der Waals surface area (Å²) in [6.07, 6.45) is -4.80. The number of ether oxygens (including phenoxy) is 2. The zero-order valence-electron chi connectivity index (χ0n) is 16.3. The van der Waals surface area contributed by atoms with Crippen molar-refractivity contribution in [1.29, 1.82) is 5.26 Å². The highest BCUT2D eigenvalue weighted by Gasteiger charge is 2.31. The third-order valence-corrected chi connectivity index (χ3v) is 3.95. The zero-order chi connectivity index (χ0) is 22.3. The standard InChI is InChI=1S/C19H20F3N5O3.CH4/c1-3-30-17-13(9-23)16(26-18(24)27-17)25-14(10-29-2)15(28)8-11-5-4-6-12(7-11)19(20,21)22;/h4-7,14H,3,8,10H2,1-2H3,(H3,24,25,26,27);1H4/t14-;/m0./s1. The Morgan fingerprint density at radius 3 is 2.65 bits per heavy atom. The Morgan fingerprint density at radius 2 is 2.06 bits per heavy atom. The Balaban J connectivity index is 0.00000480. The Bertz CT molecular complexity index is 945. The number of nitrogens with two attached hydrogens (primary N) is 1. The van der Waals surface area contributed by atoms with E-state index in [1.54, 1.807) is 6.92 Å². The molecule has 168 valence electrons. The van der Waals surface area contributed by atoms with Gasteiger partial charge in [-0.1, -0.05) is 25.6 Å². The largest absolute Gasteiger partial charge is 0.477 e. The molecule has 1 heterocycles. The number of hydrogen-bond donors (Lipinski definition) is 2. The number of benzene rings is 1. The topological polar surface area (TPSA) is 123 Å². The van der Waals surface area contributed by atoms with Crippen molar-refractivity contribution >= 4 is 17.5 Å². The summed E-state index contributed by atoms with van der Waals surface area (Å²) in [6, 6.07) is 5.39. The maximum absolute atomic E-state index is 12.9. The predicted octanol–water partition coefficient (Wildman–Crippen LogP) is 3.22. The van der Waals surface area contributed by atoms with Crippen molar-refractivity contribution in [3.63, 3.8) is 0 Å². The number of alkyl halides is 3. The molecule has 11 heteroatoms. The maximum atomic E-state index is 12.9. The molecule has 1 aromatic carbocycles. The minimum absolute atomic E-state index is 0. The van der Waals surface area contributed by atoms with Crippen molar-refractivity contribution in [2.75, 3.05) is 31.4 Å². The van der Waals surface area contributed by atoms with Crippen LogP contribution in [-0.4, -0.2) is 42.1 Å². The van der Waals surface area contributed by atoms with Crippen LogP contribution >= 0.6 is 0 Å². The van der Waals surface area contributed by atoms with Gasteiger partial charge in [-0.3, -0.25) is 4.79 Å². The molecule has 0 fully saturated rings. The molecule has 0 spiro atoms. The third kappa shape index (κ3) is 6.82. The molecule has 3 N–H and O–H groups in total. The number of carbonyl (C=O) groups is 1. The van der Waals surface area contributed by atoms with Crippen LogP contribution < -0.4 is 15.8 Å². The van der Waals surface area contributed by atoms with Crippen LogP contribution in [0.4, 0.5) is 24.9 Å². The second kappa shape index (κ2) is 11.1. The van der Waals surface area contributed by atoms with Gasteiger partial charge in [-0.05, 0) is 18.6 Å². The van der Waals surface area contributed by atoms with Crippen molar-refractivity contribution in [3.05, 3.63) is 41.0 Å². The van der Waals surface area contributed by atoms with Crippen molar-refractivity contribution in [2.45, 2.75) is 33.0 Å². The van der Waals surface area contributed by atoms with Gasteiger partial charge in [-0.2, -0.15) is 28.4 Å². The summed E-state index contributed by atoms with van der Waals surface area (Å²) >= 11 is 0. The van der Waals surface area contributed by atoms with E-state index in [-0.39, 0.29) is 55.8 Å². The van der Waals surface area contributed by atoms with Gasteiger partial charge < -0.3 is 20.5 Å². The van der Waals surface area contributed by atoms with E-state index in [9.17, 15) is 23.2 Å². The number of nitrogens with one attached hydrogen (secondary N) is 1. The first kappa shape index (κ1) is 25.6. The summed E-state index contributed by atoms with van der Waals surface area (Å²) in [6.45, 7) is 1.80. The first-order valence-corrected chi connectivity index (χ1v) is 8.84. The van der Waals surface area contributed by atoms with Gasteiger partial charge in [-0.15, -0.1) is 0 Å². The molecule has 2 rings (SSSR count). The number of halogens is 3. The van der Waals surface area contributed by atoms with E-state index in [2.05, 4.69) is 15.3 Å². The Hall–Kier alpha value is -3.39. The van der Waals surface area contributed by atoms with Gasteiger partial charge >= 0.3 is 6.18 Å². The monoisotopic (exact) mass is 439 g/mol. The Labute approximate surface area is 178 Å². The van der Waals surface area contributed by atoms with Crippen LogP contribution in [0.5, 0.6) is 5.88 Å². The molecule has 0 unspecified atom stereocenters. The smallest absolute Gasteiger partial charge is 0.416 e. The first-order chi connectivity index (χ1) is 14.2. The van der Waals surface area contributed by atoms with E-state index in [0.29, 0.717) is 0 Å². The number of hydrogen-bond acceptors (Lipinski definition) is 8. The zero-order valence-corrected chi connectivity index (χ0v) is 16.3. The summed E-state index contributed by atoms with van der Waals surface area (Å²) < 4.78 is 49.0. The van der Waals surface area contributed by atoms with E-state index in [1.807, 2.05) is 6.07 Å². The van der Waals surface area contributed by atoms with Gasteiger partial charge in [0.15, 0.2) is 17.2 Å². The molecular formula is C20H24F3N5O3. The minimum Gasteiger partial charge on any atom is -0.477 e. The molecule has 0 aliphatic carbocycles. The average molecular weight is 439 g/mol. The molecule has 1 atom stereocenters. The normalized spacial score (nSPS) is 11.7. The summed E-state index contributed by atoms with van der Waals surface area (Å²) in [4.78, 5) is 20.5. The van der Waals surface area contributed by atoms with Crippen molar-refractivity contribution in [2.24, 2.45) is 0 Å². The van der Waals surface area contributed by atoms with Gasteiger partial charge in [0, 0.05) is 13.5 Å². The fourth-order valence-electron chi connectivity index (χ4n) is 2.63. The summed E-state index contributed by atoms with van der Waals surface area (Å²) in [5, 5.41) is 12.2. The van der Waals surface area contributed by atoms with Crippen LogP contribution in [0.15, 0.2) is 24.3 Å². The molecule has 0 saturated heterocycles. The fourth-order valence-corrected chi connectivity index (χ4v) is 2.63. The Morgan fingerprint density at radius 1 is 1.35 bits per heavy atom. The van der Waals surface area contributed by atoms with E-state index in [4.69, 9.17) is 15.2 Å². The van der Waals surface area contributed by atoms with E-state index in [0.717, 1.165) is 12.1 Å². The number of nitrogens with zero attached hydrogens (tertiary/aromatic N) is 3. The summed E-state index contributed by atoms with van der Waals surface area (Å²) in [5.74, 6) is -0.721. The van der Waals surface area contributed by atoms with Crippen LogP contribution in [-0.2, 0) is 22.1 Å². The molecule has 1 aromatic heterocycles. The lowest BCUT2D eigenvalue weighted by atomic mass is 10.0. The minimum atomic E-state index is -4.51. The molecule has 0 amide bonds. The predicted molar refractivity (Wildman–Crippen MR) is 109 cm³/mol. The molecule has 0 saturated carbocycles. The molecule has 2 aromatic rings. The highest BCUT2D eigenvalue weighted by atomic mass is 19.4. The van der Waals surface area contributed by atoms with Crippen LogP contribution in [0, 0.1) is 11.3 Å². The lowest BCUT2D eigenvalue weighted by molar-refractivity contribution is -0.137. The molecule has 0 radical (unpaired) electrons. The van der Waals surface area contributed by atoms with Crippen molar-refractivity contribution < 1.29 is 27.4 Å². The average Bonchev–Trinajstić information content (AvgIpc) is 2.67. The lowest BCUT2D eigenvalue weighted by Crippen LogP contribution is -2.36. The summed E-state index contributed by atoms with van der Waals surface area (Å²) in [7, 11) is 1.36. The third-order valence-electron chi connectivity index (χ3n) is 3.95. The van der Waals surface area contributed by atoms with Gasteiger partial charge in [0.25, 0.3) is 0 Å². The van der Waals surface area contributed by atoms with Crippen molar-refractivity contribution in [3.8, 4) is 11.9 Å². The molecule has 31 heavy (non-hydrogen) atoms. The van der Waals surface area contributed by atoms with Crippen LogP contribution in [0.2, 0.25) is 0 Å². The Kier molecular flexibility index (Phi) is 9.20. The van der Waals surface area contributed by atoms with Gasteiger partial charge in [0.1, 0.15) is 12.1 Å². The molecular weight excluding hydrogens is 415 g/mol. The second-order valence-electron chi connectivity index (χ2n) is 6.15. The quantitative estimate of drug-likeness (QED) is 0.611. The van der Waals surface area contributed by atoms with E-state index in [1.165, 1.54) is 19.2 Å². The number of ketones is 1. The highest BCUT2D eigenvalue weighted by Crippen LogP contribution is 2.30. The molecule has 0 bridgehead atoms. The number of rotatable bonds is 9. The molecule has 0 aliphatic heterocycles. The van der Waals surface area contributed by atoms with Gasteiger partial charge in [-0.25, -0.2) is 0 Å². The second-order valence-corrected chi connectivity index (χ2v) is 6.15. The van der Waals surface area contributed by atoms with E-state index >= 15 is 0 Å². The number of nitrogen functional groups attached to an aromatic ring is 1. The lowest BCUT2D eigenvalue weighted by Gasteiger charge is -2.19. The molecule has 0 aliphatic rings. The first-order valence-electron chi connectivity index (χ1n) is 8.84. The number of aromatic nitrogens is 2. The van der Waals surface area contributed by atoms with Crippen LogP contribution in [0.3, 0.4) is 0 Å². The SMILES string of the molecule is C.CCOc1nc(N)nc(N[C@@H](COC)C(=O)Cc2cccc(C(F)(F)F)c2)c1C#N.